The summed E-state index contributed by atoms with van der Waals surface area (Å²) in [4.78, 5) is 24.8. The number of anilines is 1. The molecule has 0 aliphatic rings. The van der Waals surface area contributed by atoms with Gasteiger partial charge in [0.1, 0.15) is 5.82 Å². The Hall–Kier alpha value is -3.06. The first-order chi connectivity index (χ1) is 13.0. The van der Waals surface area contributed by atoms with E-state index in [4.69, 9.17) is 0 Å². The Labute approximate surface area is 157 Å². The number of aromatic nitrogens is 3. The Morgan fingerprint density at radius 2 is 1.81 bits per heavy atom. The largest absolute Gasteiger partial charge is 0.387 e. The molecule has 0 aliphatic carbocycles. The van der Waals surface area contributed by atoms with Gasteiger partial charge >= 0.3 is 6.03 Å². The van der Waals surface area contributed by atoms with Crippen LogP contribution in [0.25, 0.3) is 22.0 Å². The van der Waals surface area contributed by atoms with E-state index in [1.807, 2.05) is 32.9 Å². The van der Waals surface area contributed by atoms with Gasteiger partial charge < -0.3 is 10.4 Å². The molecule has 0 fully saturated rings. The molecular weight excluding hydrogens is 342 g/mol. The second kappa shape index (κ2) is 8.09. The molecule has 0 spiro atoms. The number of rotatable bonds is 5. The fraction of sp³-hybridized carbons (Fsp3) is 0.300. The van der Waals surface area contributed by atoms with Gasteiger partial charge in [-0.15, -0.1) is 0 Å². The van der Waals surface area contributed by atoms with E-state index in [0.717, 1.165) is 27.6 Å². The van der Waals surface area contributed by atoms with E-state index in [1.54, 1.807) is 24.7 Å². The molecule has 0 aromatic carbocycles. The maximum Gasteiger partial charge on any atom is 0.320 e. The molecule has 0 aliphatic heterocycles. The number of amides is 2. The summed E-state index contributed by atoms with van der Waals surface area (Å²) in [6.45, 7) is 6.30. The Kier molecular flexibility index (Phi) is 5.61. The number of hydrogen-bond acceptors (Lipinski definition) is 5. The van der Waals surface area contributed by atoms with Crippen molar-refractivity contribution in [1.82, 2.24) is 20.3 Å². The molecule has 1 unspecified atom stereocenters. The van der Waals surface area contributed by atoms with Crippen molar-refractivity contribution in [2.45, 2.75) is 33.3 Å². The minimum absolute atomic E-state index is 0.287. The molecule has 0 radical (unpaired) electrons. The molecule has 7 heteroatoms. The maximum absolute atomic E-state index is 11.6. The summed E-state index contributed by atoms with van der Waals surface area (Å²) in [6, 6.07) is 5.34. The van der Waals surface area contributed by atoms with Crippen molar-refractivity contribution in [2.24, 2.45) is 0 Å². The second-order valence-electron chi connectivity index (χ2n) is 6.32. The van der Waals surface area contributed by atoms with Gasteiger partial charge in [0.25, 0.3) is 0 Å². The van der Waals surface area contributed by atoms with Crippen LogP contribution in [0.1, 0.15) is 37.6 Å². The van der Waals surface area contributed by atoms with Crippen molar-refractivity contribution in [1.29, 1.82) is 0 Å². The molecule has 3 N–H and O–H groups in total. The number of pyridine rings is 3. The van der Waals surface area contributed by atoms with Crippen LogP contribution in [0.2, 0.25) is 0 Å². The van der Waals surface area contributed by atoms with Gasteiger partial charge in [0, 0.05) is 41.5 Å². The predicted octanol–water partition coefficient (Wildman–Crippen LogP) is 3.59. The lowest BCUT2D eigenvalue weighted by Crippen LogP contribution is -2.28. The summed E-state index contributed by atoms with van der Waals surface area (Å²) in [6.07, 6.45) is 5.28. The summed E-state index contributed by atoms with van der Waals surface area (Å²) in [5.41, 5.74) is 3.37. The van der Waals surface area contributed by atoms with E-state index in [1.165, 1.54) is 0 Å². The Morgan fingerprint density at radius 1 is 1.07 bits per heavy atom. The molecule has 3 heterocycles. The Balaban J connectivity index is 1.90. The number of aliphatic hydroxyl groups is 1. The first kappa shape index (κ1) is 18.7. The van der Waals surface area contributed by atoms with Gasteiger partial charge in [0.2, 0.25) is 0 Å². The normalized spacial score (nSPS) is 12.0. The molecule has 27 heavy (non-hydrogen) atoms. The number of aliphatic hydroxyl groups excluding tert-OH is 1. The average Bonchev–Trinajstić information content (AvgIpc) is 2.67. The minimum atomic E-state index is -0.553. The molecule has 140 valence electrons. The van der Waals surface area contributed by atoms with E-state index in [9.17, 15) is 9.90 Å². The van der Waals surface area contributed by atoms with Gasteiger partial charge in [-0.05, 0) is 44.0 Å². The lowest BCUT2D eigenvalue weighted by Gasteiger charge is -2.11. The van der Waals surface area contributed by atoms with E-state index in [-0.39, 0.29) is 6.03 Å². The smallest absolute Gasteiger partial charge is 0.320 e. The Morgan fingerprint density at radius 3 is 2.52 bits per heavy atom. The fourth-order valence-corrected chi connectivity index (χ4v) is 2.81. The van der Waals surface area contributed by atoms with Gasteiger partial charge in [-0.25, -0.2) is 9.78 Å². The highest BCUT2D eigenvalue weighted by Crippen LogP contribution is 2.27. The van der Waals surface area contributed by atoms with E-state index in [2.05, 4.69) is 25.6 Å². The molecule has 7 nitrogen and oxygen atoms in total. The lowest BCUT2D eigenvalue weighted by atomic mass is 10.0. The zero-order chi connectivity index (χ0) is 19.4. The number of nitrogens with one attached hydrogen (secondary N) is 2. The molecule has 3 aromatic heterocycles. The summed E-state index contributed by atoms with van der Waals surface area (Å²) in [5, 5.41) is 17.1. The van der Waals surface area contributed by atoms with Crippen LogP contribution in [0.5, 0.6) is 0 Å². The number of nitrogens with zero attached hydrogens (tertiary/aromatic N) is 3. The van der Waals surface area contributed by atoms with Gasteiger partial charge in [-0.2, -0.15) is 0 Å². The maximum atomic E-state index is 11.6. The Bertz CT molecular complexity index is 974. The third-order valence-electron chi connectivity index (χ3n) is 4.32. The predicted molar refractivity (Wildman–Crippen MR) is 105 cm³/mol. The second-order valence-corrected chi connectivity index (χ2v) is 6.32. The standard InChI is InChI=1S/C20H23N5O2/c1-4-18(26)17-6-12(3)15(11-23-17)16-7-13-10-24-19(8-14(13)9-22-16)25-20(27)21-5-2/h6-11,18,26H,4-5H2,1-3H3,(H2,21,24,25,27). The molecule has 3 aromatic rings. The van der Waals surface area contributed by atoms with E-state index >= 15 is 0 Å². The first-order valence-corrected chi connectivity index (χ1v) is 8.97. The highest BCUT2D eigenvalue weighted by Gasteiger charge is 2.11. The average molecular weight is 365 g/mol. The number of hydrogen-bond donors (Lipinski definition) is 3. The van der Waals surface area contributed by atoms with Crippen LogP contribution in [0.4, 0.5) is 10.6 Å². The van der Waals surface area contributed by atoms with Crippen LogP contribution >= 0.6 is 0 Å². The van der Waals surface area contributed by atoms with Crippen LogP contribution in [-0.4, -0.2) is 32.6 Å². The van der Waals surface area contributed by atoms with Crippen molar-refractivity contribution >= 4 is 22.6 Å². The summed E-state index contributed by atoms with van der Waals surface area (Å²) < 4.78 is 0. The molecule has 1 atom stereocenters. The van der Waals surface area contributed by atoms with Crippen LogP contribution in [0.3, 0.4) is 0 Å². The van der Waals surface area contributed by atoms with Gasteiger partial charge in [0.05, 0.1) is 17.5 Å². The van der Waals surface area contributed by atoms with Crippen molar-refractivity contribution in [3.63, 3.8) is 0 Å². The highest BCUT2D eigenvalue weighted by molar-refractivity contribution is 5.92. The SMILES string of the molecule is CCNC(=O)Nc1cc2cnc(-c3cnc(C(O)CC)cc3C)cc2cn1. The quantitative estimate of drug-likeness (QED) is 0.642. The highest BCUT2D eigenvalue weighted by atomic mass is 16.3. The van der Waals surface area contributed by atoms with Gasteiger partial charge in [-0.1, -0.05) is 6.92 Å². The molecule has 3 rings (SSSR count). The number of carbonyl (C=O) groups is 1. The van der Waals surface area contributed by atoms with Crippen molar-refractivity contribution < 1.29 is 9.90 Å². The number of carbonyl (C=O) groups excluding carboxylic acids is 1. The zero-order valence-electron chi connectivity index (χ0n) is 15.7. The van der Waals surface area contributed by atoms with E-state index in [0.29, 0.717) is 24.5 Å². The fourth-order valence-electron chi connectivity index (χ4n) is 2.81. The monoisotopic (exact) mass is 365 g/mol. The third-order valence-corrected chi connectivity index (χ3v) is 4.32. The summed E-state index contributed by atoms with van der Waals surface area (Å²) >= 11 is 0. The van der Waals surface area contributed by atoms with Crippen LogP contribution < -0.4 is 10.6 Å². The van der Waals surface area contributed by atoms with Crippen molar-refractivity contribution in [2.75, 3.05) is 11.9 Å². The third kappa shape index (κ3) is 4.20. The van der Waals surface area contributed by atoms with Crippen LogP contribution in [-0.2, 0) is 0 Å². The molecule has 0 saturated heterocycles. The number of fused-ring (bicyclic) bond motifs is 1. The zero-order valence-corrected chi connectivity index (χ0v) is 15.7. The summed E-state index contributed by atoms with van der Waals surface area (Å²) in [7, 11) is 0. The topological polar surface area (TPSA) is 100 Å². The molecule has 2 amide bonds. The van der Waals surface area contributed by atoms with Gasteiger partial charge in [0.15, 0.2) is 0 Å². The first-order valence-electron chi connectivity index (χ1n) is 8.97. The van der Waals surface area contributed by atoms with E-state index < -0.39 is 6.10 Å². The van der Waals surface area contributed by atoms with Crippen LogP contribution in [0, 0.1) is 6.92 Å². The molecule has 0 bridgehead atoms. The lowest BCUT2D eigenvalue weighted by molar-refractivity contribution is 0.169. The van der Waals surface area contributed by atoms with Crippen LogP contribution in [0.15, 0.2) is 36.8 Å². The van der Waals surface area contributed by atoms with Crippen molar-refractivity contribution in [3.8, 4) is 11.3 Å². The molecular formula is C20H23N5O2. The number of urea groups is 1. The summed E-state index contributed by atoms with van der Waals surface area (Å²) in [5.74, 6) is 0.471. The van der Waals surface area contributed by atoms with Gasteiger partial charge in [-0.3, -0.25) is 15.3 Å². The molecule has 0 saturated carbocycles. The number of aryl methyl sites for hydroxylation is 1. The minimum Gasteiger partial charge on any atom is -0.387 e. The van der Waals surface area contributed by atoms with Crippen molar-refractivity contribution in [3.05, 3.63) is 48.0 Å².